The zero-order valence-electron chi connectivity index (χ0n) is 13.8. The molecule has 1 aliphatic rings. The SMILES string of the molecule is CCCOC(=O)CN=C1NN(Cl)CC1(C#N)c1ccccc1C(F)(F)F. The number of nitriles is 1. The van der Waals surface area contributed by atoms with Crippen LogP contribution in [0.15, 0.2) is 29.3 Å². The number of hydrogen-bond donors (Lipinski definition) is 1. The molecular formula is C16H16ClF3N4O2. The molecule has 140 valence electrons. The number of rotatable bonds is 5. The van der Waals surface area contributed by atoms with Crippen LogP contribution in [0.4, 0.5) is 13.2 Å². The minimum Gasteiger partial charge on any atom is -0.464 e. The van der Waals surface area contributed by atoms with Crippen molar-refractivity contribution in [3.63, 3.8) is 0 Å². The zero-order valence-corrected chi connectivity index (χ0v) is 14.6. The Hall–Kier alpha value is -2.31. The van der Waals surface area contributed by atoms with Crippen LogP contribution in [0.1, 0.15) is 24.5 Å². The monoisotopic (exact) mass is 388 g/mol. The third-order valence-corrected chi connectivity index (χ3v) is 3.93. The Bertz CT molecular complexity index is 748. The summed E-state index contributed by atoms with van der Waals surface area (Å²) >= 11 is 5.88. The number of nitrogens with zero attached hydrogens (tertiary/aromatic N) is 3. The number of ether oxygens (including phenoxy) is 1. The van der Waals surface area contributed by atoms with Crippen molar-refractivity contribution in [2.45, 2.75) is 24.9 Å². The molecule has 1 aromatic rings. The summed E-state index contributed by atoms with van der Waals surface area (Å²) in [4.78, 5) is 15.6. The van der Waals surface area contributed by atoms with Gasteiger partial charge >= 0.3 is 12.1 Å². The molecule has 0 saturated carbocycles. The number of carbonyl (C=O) groups excluding carboxylic acids is 1. The van der Waals surface area contributed by atoms with Gasteiger partial charge in [0.15, 0.2) is 5.41 Å². The highest BCUT2D eigenvalue weighted by Gasteiger charge is 2.50. The number of hydrogen-bond acceptors (Lipinski definition) is 5. The fraction of sp³-hybridized carbons (Fsp3) is 0.438. The lowest BCUT2D eigenvalue weighted by Gasteiger charge is -2.24. The Balaban J connectivity index is 2.46. The van der Waals surface area contributed by atoms with Gasteiger partial charge in [-0.25, -0.2) is 0 Å². The van der Waals surface area contributed by atoms with Crippen LogP contribution in [-0.4, -0.2) is 36.0 Å². The molecule has 2 rings (SSSR count). The van der Waals surface area contributed by atoms with Crippen LogP contribution in [0, 0.1) is 11.3 Å². The number of benzene rings is 1. The van der Waals surface area contributed by atoms with Gasteiger partial charge in [-0.15, -0.1) is 4.53 Å². The molecule has 1 aromatic carbocycles. The highest BCUT2D eigenvalue weighted by atomic mass is 35.5. The minimum atomic E-state index is -4.66. The summed E-state index contributed by atoms with van der Waals surface area (Å²) in [5, 5.41) is 9.72. The lowest BCUT2D eigenvalue weighted by Crippen LogP contribution is -2.38. The number of nitrogens with one attached hydrogen (secondary N) is 1. The van der Waals surface area contributed by atoms with Crippen LogP contribution in [0.2, 0.25) is 0 Å². The van der Waals surface area contributed by atoms with E-state index in [-0.39, 0.29) is 24.6 Å². The molecule has 1 fully saturated rings. The van der Waals surface area contributed by atoms with Crippen molar-refractivity contribution in [3.05, 3.63) is 35.4 Å². The fourth-order valence-corrected chi connectivity index (χ4v) is 2.83. The molecule has 1 atom stereocenters. The third kappa shape index (κ3) is 4.08. The van der Waals surface area contributed by atoms with Crippen LogP contribution >= 0.6 is 11.8 Å². The Kier molecular flexibility index (Phi) is 6.10. The van der Waals surface area contributed by atoms with Gasteiger partial charge in [0.05, 0.1) is 24.8 Å². The fourth-order valence-electron chi connectivity index (χ4n) is 2.57. The van der Waals surface area contributed by atoms with E-state index in [1.807, 2.05) is 13.0 Å². The molecule has 1 aliphatic heterocycles. The molecule has 0 radical (unpaired) electrons. The van der Waals surface area contributed by atoms with Gasteiger partial charge in [0, 0.05) is 0 Å². The number of hydrazine groups is 1. The quantitative estimate of drug-likeness (QED) is 0.620. The minimum absolute atomic E-state index is 0.139. The summed E-state index contributed by atoms with van der Waals surface area (Å²) in [7, 11) is 0. The van der Waals surface area contributed by atoms with Crippen LogP contribution in [0.5, 0.6) is 0 Å². The molecular weight excluding hydrogens is 373 g/mol. The molecule has 0 aliphatic carbocycles. The second-order valence-electron chi connectivity index (χ2n) is 5.58. The van der Waals surface area contributed by atoms with E-state index in [1.54, 1.807) is 0 Å². The lowest BCUT2D eigenvalue weighted by molar-refractivity contribution is -0.142. The number of alkyl halides is 3. The van der Waals surface area contributed by atoms with E-state index >= 15 is 0 Å². The van der Waals surface area contributed by atoms with Crippen LogP contribution in [-0.2, 0) is 21.1 Å². The van der Waals surface area contributed by atoms with Gasteiger partial charge in [0.1, 0.15) is 12.4 Å². The van der Waals surface area contributed by atoms with E-state index in [2.05, 4.69) is 10.4 Å². The average molecular weight is 389 g/mol. The zero-order chi connectivity index (χ0) is 19.4. The molecule has 1 unspecified atom stereocenters. The molecule has 1 N–H and O–H groups in total. The highest BCUT2D eigenvalue weighted by molar-refractivity contribution is 6.16. The maximum Gasteiger partial charge on any atom is 0.416 e. The predicted octanol–water partition coefficient (Wildman–Crippen LogP) is 2.79. The van der Waals surface area contributed by atoms with Gasteiger partial charge in [-0.2, -0.15) is 18.4 Å². The lowest BCUT2D eigenvalue weighted by atomic mass is 9.79. The Morgan fingerprint density at radius 2 is 2.19 bits per heavy atom. The van der Waals surface area contributed by atoms with Gasteiger partial charge < -0.3 is 4.74 Å². The number of halogens is 4. The summed E-state index contributed by atoms with van der Waals surface area (Å²) in [5.41, 5.74) is -0.505. The van der Waals surface area contributed by atoms with Gasteiger partial charge in [0.25, 0.3) is 0 Å². The topological polar surface area (TPSA) is 77.7 Å². The van der Waals surface area contributed by atoms with Crippen molar-refractivity contribution in [1.82, 2.24) is 9.95 Å². The van der Waals surface area contributed by atoms with Crippen molar-refractivity contribution < 1.29 is 22.7 Å². The first-order chi connectivity index (χ1) is 12.2. The highest BCUT2D eigenvalue weighted by Crippen LogP contribution is 2.40. The smallest absolute Gasteiger partial charge is 0.416 e. The maximum absolute atomic E-state index is 13.4. The number of amidine groups is 1. The Morgan fingerprint density at radius 3 is 2.81 bits per heavy atom. The standard InChI is InChI=1S/C16H16ClF3N4O2/c1-2-7-26-13(25)8-22-14-15(9-21,10-24(17)23-14)11-5-3-4-6-12(11)16(18,19)20/h3-6H,2,7-8,10H2,1H3,(H,22,23). The molecule has 1 saturated heterocycles. The van der Waals surface area contributed by atoms with Gasteiger partial charge in [-0.3, -0.25) is 15.2 Å². The maximum atomic E-state index is 13.4. The number of carbonyl (C=O) groups is 1. The van der Waals surface area contributed by atoms with Crippen molar-refractivity contribution in [2.75, 3.05) is 19.7 Å². The van der Waals surface area contributed by atoms with Crippen LogP contribution in [0.3, 0.4) is 0 Å². The summed E-state index contributed by atoms with van der Waals surface area (Å²) in [6, 6.07) is 6.60. The summed E-state index contributed by atoms with van der Waals surface area (Å²) in [6.45, 7) is 1.31. The van der Waals surface area contributed by atoms with Crippen molar-refractivity contribution in [1.29, 1.82) is 5.26 Å². The molecule has 0 bridgehead atoms. The van der Waals surface area contributed by atoms with E-state index in [9.17, 15) is 23.2 Å². The Labute approximate surface area is 153 Å². The number of aliphatic imine (C=N–C) groups is 1. The molecule has 6 nitrogen and oxygen atoms in total. The van der Waals surface area contributed by atoms with E-state index < -0.39 is 29.7 Å². The van der Waals surface area contributed by atoms with Crippen LogP contribution < -0.4 is 5.43 Å². The second-order valence-corrected chi connectivity index (χ2v) is 5.99. The average Bonchev–Trinajstić information content (AvgIpc) is 2.94. The molecule has 1 heterocycles. The molecule has 0 spiro atoms. The molecule has 26 heavy (non-hydrogen) atoms. The summed E-state index contributed by atoms with van der Waals surface area (Å²) in [6.07, 6.45) is -4.04. The third-order valence-electron chi connectivity index (χ3n) is 3.72. The summed E-state index contributed by atoms with van der Waals surface area (Å²) < 4.78 is 46.0. The van der Waals surface area contributed by atoms with E-state index in [0.717, 1.165) is 10.6 Å². The van der Waals surface area contributed by atoms with E-state index in [0.29, 0.717) is 6.42 Å². The molecule has 0 amide bonds. The first kappa shape index (κ1) is 20.0. The van der Waals surface area contributed by atoms with Crippen LogP contribution in [0.25, 0.3) is 0 Å². The normalized spacial score (nSPS) is 22.1. The Morgan fingerprint density at radius 1 is 1.50 bits per heavy atom. The van der Waals surface area contributed by atoms with Crippen molar-refractivity contribution in [3.8, 4) is 6.07 Å². The first-order valence-corrected chi connectivity index (χ1v) is 8.07. The van der Waals surface area contributed by atoms with Gasteiger partial charge in [0.2, 0.25) is 0 Å². The largest absolute Gasteiger partial charge is 0.464 e. The van der Waals surface area contributed by atoms with E-state index in [4.69, 9.17) is 16.5 Å². The van der Waals surface area contributed by atoms with Crippen molar-refractivity contribution >= 4 is 23.6 Å². The van der Waals surface area contributed by atoms with Crippen molar-refractivity contribution in [2.24, 2.45) is 4.99 Å². The van der Waals surface area contributed by atoms with Gasteiger partial charge in [-0.1, -0.05) is 25.1 Å². The molecule has 0 aromatic heterocycles. The molecule has 10 heteroatoms. The van der Waals surface area contributed by atoms with Gasteiger partial charge in [-0.05, 0) is 29.8 Å². The number of esters is 1. The van der Waals surface area contributed by atoms with E-state index in [1.165, 1.54) is 18.2 Å². The first-order valence-electron chi connectivity index (χ1n) is 7.73. The summed E-state index contributed by atoms with van der Waals surface area (Å²) in [5.74, 6) is -0.787. The second kappa shape index (κ2) is 7.93. The predicted molar refractivity (Wildman–Crippen MR) is 88.0 cm³/mol.